The molecular formula is C16H16BrClO2. The molecule has 0 saturated carbocycles. The van der Waals surface area contributed by atoms with E-state index < -0.39 is 0 Å². The summed E-state index contributed by atoms with van der Waals surface area (Å²) >= 11 is 9.77. The van der Waals surface area contributed by atoms with Gasteiger partial charge in [-0.25, -0.2) is 0 Å². The summed E-state index contributed by atoms with van der Waals surface area (Å²) in [5.41, 5.74) is 2.25. The Morgan fingerprint density at radius 2 is 1.85 bits per heavy atom. The van der Waals surface area contributed by atoms with E-state index in [2.05, 4.69) is 28.1 Å². The first-order valence-electron chi connectivity index (χ1n) is 6.37. The van der Waals surface area contributed by atoms with Crippen LogP contribution in [0.1, 0.15) is 18.1 Å². The van der Waals surface area contributed by atoms with Gasteiger partial charge in [-0.2, -0.15) is 0 Å². The van der Waals surface area contributed by atoms with Crippen LogP contribution in [-0.2, 0) is 6.42 Å². The summed E-state index contributed by atoms with van der Waals surface area (Å²) < 4.78 is 11.6. The van der Waals surface area contributed by atoms with Crippen LogP contribution >= 0.6 is 27.5 Å². The van der Waals surface area contributed by atoms with Crippen LogP contribution in [0.4, 0.5) is 0 Å². The molecule has 0 bridgehead atoms. The maximum atomic E-state index is 6.29. The van der Waals surface area contributed by atoms with Crippen molar-refractivity contribution in [2.24, 2.45) is 0 Å². The molecule has 0 unspecified atom stereocenters. The molecule has 0 heterocycles. The largest absolute Gasteiger partial charge is 0.496 e. The Hall–Kier alpha value is -1.19. The number of hydrogen-bond donors (Lipinski definition) is 0. The molecule has 0 spiro atoms. The molecule has 0 aliphatic carbocycles. The van der Waals surface area contributed by atoms with Crippen LogP contribution < -0.4 is 9.47 Å². The minimum absolute atomic E-state index is 0.677. The van der Waals surface area contributed by atoms with Crippen molar-refractivity contribution in [2.45, 2.75) is 13.3 Å². The minimum atomic E-state index is 0.677. The predicted molar refractivity (Wildman–Crippen MR) is 86.1 cm³/mol. The van der Waals surface area contributed by atoms with Crippen molar-refractivity contribution in [1.29, 1.82) is 0 Å². The van der Waals surface area contributed by atoms with E-state index in [4.69, 9.17) is 21.1 Å². The van der Waals surface area contributed by atoms with Crippen LogP contribution in [0.15, 0.2) is 40.9 Å². The zero-order valence-electron chi connectivity index (χ0n) is 11.5. The lowest BCUT2D eigenvalue weighted by atomic mass is 10.0. The maximum Gasteiger partial charge on any atom is 0.134 e. The third-order valence-corrected chi connectivity index (χ3v) is 3.92. The first kappa shape index (κ1) is 15.2. The summed E-state index contributed by atoms with van der Waals surface area (Å²) in [4.78, 5) is 0. The molecule has 0 radical (unpaired) electrons. The van der Waals surface area contributed by atoms with Crippen LogP contribution in [-0.4, -0.2) is 13.7 Å². The van der Waals surface area contributed by atoms with Gasteiger partial charge >= 0.3 is 0 Å². The van der Waals surface area contributed by atoms with Gasteiger partial charge in [0.15, 0.2) is 0 Å². The zero-order valence-corrected chi connectivity index (χ0v) is 13.8. The lowest BCUT2D eigenvalue weighted by Gasteiger charge is -2.10. The lowest BCUT2D eigenvalue weighted by molar-refractivity contribution is 0.340. The SMILES string of the molecule is CCOc1ccc(Cc2cc(Br)c(OC)cc2Cl)cc1. The van der Waals surface area contributed by atoms with E-state index in [-0.39, 0.29) is 0 Å². The first-order valence-corrected chi connectivity index (χ1v) is 7.54. The fourth-order valence-corrected chi connectivity index (χ4v) is 2.72. The molecule has 20 heavy (non-hydrogen) atoms. The summed E-state index contributed by atoms with van der Waals surface area (Å²) in [7, 11) is 1.63. The number of methoxy groups -OCH3 is 1. The number of halogens is 2. The number of benzene rings is 2. The normalized spacial score (nSPS) is 10.4. The van der Waals surface area contributed by atoms with Gasteiger partial charge in [0.25, 0.3) is 0 Å². The van der Waals surface area contributed by atoms with Gasteiger partial charge in [-0.1, -0.05) is 23.7 Å². The zero-order chi connectivity index (χ0) is 14.5. The molecule has 2 rings (SSSR count). The molecule has 0 fully saturated rings. The van der Waals surface area contributed by atoms with Crippen molar-refractivity contribution in [3.63, 3.8) is 0 Å². The van der Waals surface area contributed by atoms with Gasteiger partial charge in [0.1, 0.15) is 11.5 Å². The topological polar surface area (TPSA) is 18.5 Å². The Labute approximate surface area is 132 Å². The third kappa shape index (κ3) is 3.68. The summed E-state index contributed by atoms with van der Waals surface area (Å²) in [5.74, 6) is 1.63. The summed E-state index contributed by atoms with van der Waals surface area (Å²) in [6.45, 7) is 2.65. The van der Waals surface area contributed by atoms with Gasteiger partial charge in [-0.15, -0.1) is 0 Å². The summed E-state index contributed by atoms with van der Waals surface area (Å²) in [5, 5.41) is 0.707. The molecule has 2 aromatic carbocycles. The second-order valence-electron chi connectivity index (χ2n) is 4.33. The van der Waals surface area contributed by atoms with Gasteiger partial charge < -0.3 is 9.47 Å². The summed E-state index contributed by atoms with van der Waals surface area (Å²) in [6, 6.07) is 11.9. The highest BCUT2D eigenvalue weighted by molar-refractivity contribution is 9.10. The second kappa shape index (κ2) is 7.00. The van der Waals surface area contributed by atoms with Gasteiger partial charge in [-0.05, 0) is 58.6 Å². The lowest BCUT2D eigenvalue weighted by Crippen LogP contribution is -1.94. The second-order valence-corrected chi connectivity index (χ2v) is 5.59. The number of rotatable bonds is 5. The average molecular weight is 356 g/mol. The average Bonchev–Trinajstić information content (AvgIpc) is 2.45. The van der Waals surface area contributed by atoms with E-state index >= 15 is 0 Å². The Balaban J connectivity index is 2.19. The quantitative estimate of drug-likeness (QED) is 0.743. The summed E-state index contributed by atoms with van der Waals surface area (Å²) in [6.07, 6.45) is 0.772. The fraction of sp³-hybridized carbons (Fsp3) is 0.250. The molecule has 0 atom stereocenters. The van der Waals surface area contributed by atoms with E-state index in [1.54, 1.807) is 7.11 Å². The molecular weight excluding hydrogens is 340 g/mol. The maximum absolute atomic E-state index is 6.29. The van der Waals surface area contributed by atoms with Crippen molar-refractivity contribution in [3.8, 4) is 11.5 Å². The molecule has 2 aromatic rings. The van der Waals surface area contributed by atoms with E-state index in [9.17, 15) is 0 Å². The predicted octanol–water partition coefficient (Wildman–Crippen LogP) is 5.10. The smallest absolute Gasteiger partial charge is 0.134 e. The molecule has 0 aliphatic rings. The Bertz CT molecular complexity index is 582. The van der Waals surface area contributed by atoms with Crippen molar-refractivity contribution in [3.05, 3.63) is 57.0 Å². The third-order valence-electron chi connectivity index (χ3n) is 2.95. The van der Waals surface area contributed by atoms with Gasteiger partial charge in [0.05, 0.1) is 18.2 Å². The van der Waals surface area contributed by atoms with E-state index in [0.29, 0.717) is 11.6 Å². The van der Waals surface area contributed by atoms with E-state index in [1.807, 2.05) is 31.2 Å². The van der Waals surface area contributed by atoms with Crippen LogP contribution in [0.3, 0.4) is 0 Å². The Morgan fingerprint density at radius 3 is 2.45 bits per heavy atom. The van der Waals surface area contributed by atoms with Crippen molar-refractivity contribution in [2.75, 3.05) is 13.7 Å². The molecule has 0 saturated heterocycles. The van der Waals surface area contributed by atoms with E-state index in [0.717, 1.165) is 28.0 Å². The highest BCUT2D eigenvalue weighted by Crippen LogP contribution is 2.32. The Morgan fingerprint density at radius 1 is 1.15 bits per heavy atom. The van der Waals surface area contributed by atoms with Crippen LogP contribution in [0.25, 0.3) is 0 Å². The fourth-order valence-electron chi connectivity index (χ4n) is 1.95. The number of hydrogen-bond acceptors (Lipinski definition) is 2. The molecule has 0 amide bonds. The molecule has 4 heteroatoms. The molecule has 0 aliphatic heterocycles. The van der Waals surface area contributed by atoms with Crippen LogP contribution in [0.5, 0.6) is 11.5 Å². The van der Waals surface area contributed by atoms with Crippen molar-refractivity contribution >= 4 is 27.5 Å². The minimum Gasteiger partial charge on any atom is -0.496 e. The van der Waals surface area contributed by atoms with E-state index in [1.165, 1.54) is 5.56 Å². The van der Waals surface area contributed by atoms with Crippen molar-refractivity contribution < 1.29 is 9.47 Å². The first-order chi connectivity index (χ1) is 9.63. The highest BCUT2D eigenvalue weighted by Gasteiger charge is 2.08. The van der Waals surface area contributed by atoms with Gasteiger partial charge in [0, 0.05) is 11.1 Å². The van der Waals surface area contributed by atoms with Gasteiger partial charge in [0.2, 0.25) is 0 Å². The Kier molecular flexibility index (Phi) is 5.32. The number of ether oxygens (including phenoxy) is 2. The van der Waals surface area contributed by atoms with Gasteiger partial charge in [-0.3, -0.25) is 0 Å². The molecule has 2 nitrogen and oxygen atoms in total. The molecule has 0 N–H and O–H groups in total. The van der Waals surface area contributed by atoms with Crippen LogP contribution in [0, 0.1) is 0 Å². The van der Waals surface area contributed by atoms with Crippen LogP contribution in [0.2, 0.25) is 5.02 Å². The monoisotopic (exact) mass is 354 g/mol. The standard InChI is InChI=1S/C16H16BrClO2/c1-3-20-13-6-4-11(5-7-13)8-12-9-14(17)16(19-2)10-15(12)18/h4-7,9-10H,3,8H2,1-2H3. The molecule has 106 valence electrons. The molecule has 0 aromatic heterocycles. The van der Waals surface area contributed by atoms with Crippen molar-refractivity contribution in [1.82, 2.24) is 0 Å². The highest BCUT2D eigenvalue weighted by atomic mass is 79.9.